The highest BCUT2D eigenvalue weighted by Gasteiger charge is 2.15. The van der Waals surface area contributed by atoms with Crippen LogP contribution in [0, 0.1) is 0 Å². The van der Waals surface area contributed by atoms with Gasteiger partial charge in [0.1, 0.15) is 12.4 Å². The van der Waals surface area contributed by atoms with E-state index < -0.39 is 0 Å². The molecule has 2 aromatic carbocycles. The molecule has 0 saturated heterocycles. The first-order chi connectivity index (χ1) is 13.2. The van der Waals surface area contributed by atoms with Gasteiger partial charge in [-0.3, -0.25) is 9.36 Å². The summed E-state index contributed by atoms with van der Waals surface area (Å²) >= 11 is 1.32. The maximum absolute atomic E-state index is 12.3. The molecule has 3 rings (SSSR count). The summed E-state index contributed by atoms with van der Waals surface area (Å²) in [5.74, 6) is 1.51. The largest absolute Gasteiger partial charge is 0.497 e. The van der Waals surface area contributed by atoms with E-state index >= 15 is 0 Å². The van der Waals surface area contributed by atoms with Gasteiger partial charge in [-0.15, -0.1) is 10.2 Å². The number of thioether (sulfide) groups is 1. The molecule has 140 valence electrons. The Morgan fingerprint density at radius 3 is 2.48 bits per heavy atom. The summed E-state index contributed by atoms with van der Waals surface area (Å²) in [6, 6.07) is 16.9. The molecular formula is C19H20N4O3S. The van der Waals surface area contributed by atoms with Gasteiger partial charge in [0.15, 0.2) is 11.0 Å². The molecule has 3 aromatic rings. The number of hydrogen-bond donors (Lipinski definition) is 1. The Hall–Kier alpha value is -2.84. The van der Waals surface area contributed by atoms with Gasteiger partial charge in [0, 0.05) is 18.5 Å². The molecule has 0 aliphatic heterocycles. The number of rotatable bonds is 8. The number of amides is 1. The number of para-hydroxylation sites is 1. The van der Waals surface area contributed by atoms with E-state index in [4.69, 9.17) is 9.47 Å². The number of nitrogens with zero attached hydrogens (tertiary/aromatic N) is 3. The van der Waals surface area contributed by atoms with E-state index in [0.717, 1.165) is 11.4 Å². The van der Waals surface area contributed by atoms with Crippen LogP contribution in [-0.2, 0) is 16.1 Å². The molecule has 1 amide bonds. The first kappa shape index (κ1) is 18.9. The minimum absolute atomic E-state index is 0.124. The second kappa shape index (κ2) is 9.20. The Bertz CT molecular complexity index is 882. The second-order valence-corrected chi connectivity index (χ2v) is 6.51. The molecule has 0 saturated carbocycles. The molecule has 7 nitrogen and oxygen atoms in total. The van der Waals surface area contributed by atoms with Gasteiger partial charge in [0.05, 0.1) is 12.9 Å². The summed E-state index contributed by atoms with van der Waals surface area (Å²) in [6.45, 7) is 0.334. The molecule has 0 aliphatic carbocycles. The highest BCUT2D eigenvalue weighted by atomic mass is 32.2. The van der Waals surface area contributed by atoms with Crippen molar-refractivity contribution < 1.29 is 14.3 Å². The normalized spacial score (nSPS) is 10.6. The Morgan fingerprint density at radius 2 is 1.81 bits per heavy atom. The first-order valence-electron chi connectivity index (χ1n) is 8.26. The SMILES string of the molecule is COCc1nnc(SCC(=O)Nc2ccc(OC)cc2)n1-c1ccccc1. The Balaban J connectivity index is 1.69. The highest BCUT2D eigenvalue weighted by molar-refractivity contribution is 7.99. The van der Waals surface area contributed by atoms with Crippen LogP contribution >= 0.6 is 11.8 Å². The summed E-state index contributed by atoms with van der Waals surface area (Å²) in [6.07, 6.45) is 0. The third-order valence-corrected chi connectivity index (χ3v) is 4.62. The van der Waals surface area contributed by atoms with Crippen molar-refractivity contribution in [1.82, 2.24) is 14.8 Å². The zero-order chi connectivity index (χ0) is 19.1. The number of carbonyl (C=O) groups excluding carboxylic acids is 1. The van der Waals surface area contributed by atoms with Crippen LogP contribution in [0.4, 0.5) is 5.69 Å². The Kier molecular flexibility index (Phi) is 6.45. The molecule has 0 unspecified atom stereocenters. The smallest absolute Gasteiger partial charge is 0.234 e. The molecule has 1 heterocycles. The lowest BCUT2D eigenvalue weighted by atomic mass is 10.3. The number of nitrogens with one attached hydrogen (secondary N) is 1. The highest BCUT2D eigenvalue weighted by Crippen LogP contribution is 2.23. The molecule has 0 atom stereocenters. The van der Waals surface area contributed by atoms with E-state index in [1.807, 2.05) is 34.9 Å². The lowest BCUT2D eigenvalue weighted by Crippen LogP contribution is -2.14. The van der Waals surface area contributed by atoms with Crippen molar-refractivity contribution >= 4 is 23.4 Å². The molecule has 27 heavy (non-hydrogen) atoms. The zero-order valence-electron chi connectivity index (χ0n) is 15.1. The molecular weight excluding hydrogens is 364 g/mol. The van der Waals surface area contributed by atoms with Gasteiger partial charge in [-0.1, -0.05) is 30.0 Å². The number of ether oxygens (including phenoxy) is 2. The lowest BCUT2D eigenvalue weighted by Gasteiger charge is -2.10. The first-order valence-corrected chi connectivity index (χ1v) is 9.25. The number of carbonyl (C=O) groups is 1. The monoisotopic (exact) mass is 384 g/mol. The van der Waals surface area contributed by atoms with Crippen LogP contribution < -0.4 is 10.1 Å². The maximum Gasteiger partial charge on any atom is 0.234 e. The third-order valence-electron chi connectivity index (χ3n) is 3.69. The van der Waals surface area contributed by atoms with Crippen LogP contribution in [0.3, 0.4) is 0 Å². The van der Waals surface area contributed by atoms with Crippen LogP contribution in [-0.4, -0.2) is 40.6 Å². The maximum atomic E-state index is 12.3. The number of benzene rings is 2. The Labute approximate surface area is 161 Å². The average molecular weight is 384 g/mol. The molecule has 1 aromatic heterocycles. The fourth-order valence-corrected chi connectivity index (χ4v) is 3.23. The van der Waals surface area contributed by atoms with Gasteiger partial charge >= 0.3 is 0 Å². The fraction of sp³-hybridized carbons (Fsp3) is 0.211. The summed E-state index contributed by atoms with van der Waals surface area (Å²) in [5.41, 5.74) is 1.64. The molecule has 0 bridgehead atoms. The van der Waals surface area contributed by atoms with Crippen molar-refractivity contribution in [2.24, 2.45) is 0 Å². The van der Waals surface area contributed by atoms with Gasteiger partial charge in [-0.2, -0.15) is 0 Å². The topological polar surface area (TPSA) is 78.3 Å². The van der Waals surface area contributed by atoms with E-state index in [-0.39, 0.29) is 11.7 Å². The van der Waals surface area contributed by atoms with Crippen LogP contribution in [0.1, 0.15) is 5.82 Å². The summed E-state index contributed by atoms with van der Waals surface area (Å²) in [4.78, 5) is 12.3. The van der Waals surface area contributed by atoms with E-state index in [2.05, 4.69) is 15.5 Å². The van der Waals surface area contributed by atoms with Gasteiger partial charge < -0.3 is 14.8 Å². The lowest BCUT2D eigenvalue weighted by molar-refractivity contribution is -0.113. The van der Waals surface area contributed by atoms with Gasteiger partial charge in [-0.25, -0.2) is 0 Å². The fourth-order valence-electron chi connectivity index (χ4n) is 2.45. The van der Waals surface area contributed by atoms with Crippen molar-refractivity contribution in [3.63, 3.8) is 0 Å². The van der Waals surface area contributed by atoms with Crippen LogP contribution in [0.2, 0.25) is 0 Å². The molecule has 0 radical (unpaired) electrons. The minimum atomic E-state index is -0.124. The zero-order valence-corrected chi connectivity index (χ0v) is 15.9. The Morgan fingerprint density at radius 1 is 1.07 bits per heavy atom. The van der Waals surface area contributed by atoms with E-state index in [0.29, 0.717) is 23.3 Å². The predicted octanol–water partition coefficient (Wildman–Crippen LogP) is 3.15. The van der Waals surface area contributed by atoms with Crippen molar-refractivity contribution in [2.75, 3.05) is 25.3 Å². The van der Waals surface area contributed by atoms with E-state index in [1.165, 1.54) is 11.8 Å². The number of hydrogen-bond acceptors (Lipinski definition) is 6. The minimum Gasteiger partial charge on any atom is -0.497 e. The van der Waals surface area contributed by atoms with Crippen molar-refractivity contribution in [3.8, 4) is 11.4 Å². The van der Waals surface area contributed by atoms with E-state index in [9.17, 15) is 4.79 Å². The van der Waals surface area contributed by atoms with Gasteiger partial charge in [0.25, 0.3) is 0 Å². The second-order valence-electron chi connectivity index (χ2n) is 5.57. The standard InChI is InChI=1S/C19H20N4O3S/c1-25-12-17-21-22-19(23(17)15-6-4-3-5-7-15)27-13-18(24)20-14-8-10-16(26-2)11-9-14/h3-11H,12-13H2,1-2H3,(H,20,24). The van der Waals surface area contributed by atoms with Crippen molar-refractivity contribution in [2.45, 2.75) is 11.8 Å². The molecule has 0 aliphatic rings. The predicted molar refractivity (Wildman–Crippen MR) is 104 cm³/mol. The quantitative estimate of drug-likeness (QED) is 0.601. The third kappa shape index (κ3) is 4.87. The average Bonchev–Trinajstić information content (AvgIpc) is 3.10. The van der Waals surface area contributed by atoms with Gasteiger partial charge in [0.2, 0.25) is 5.91 Å². The number of methoxy groups -OCH3 is 2. The van der Waals surface area contributed by atoms with Crippen LogP contribution in [0.15, 0.2) is 59.8 Å². The number of aromatic nitrogens is 3. The molecule has 0 fully saturated rings. The molecule has 1 N–H and O–H groups in total. The van der Waals surface area contributed by atoms with Crippen LogP contribution in [0.5, 0.6) is 5.75 Å². The molecule has 8 heteroatoms. The van der Waals surface area contributed by atoms with Crippen molar-refractivity contribution in [3.05, 3.63) is 60.4 Å². The van der Waals surface area contributed by atoms with Gasteiger partial charge in [-0.05, 0) is 36.4 Å². The number of anilines is 1. The summed E-state index contributed by atoms with van der Waals surface area (Å²) in [7, 11) is 3.21. The molecule has 0 spiro atoms. The van der Waals surface area contributed by atoms with Crippen LogP contribution in [0.25, 0.3) is 5.69 Å². The summed E-state index contributed by atoms with van der Waals surface area (Å²) in [5, 5.41) is 11.9. The van der Waals surface area contributed by atoms with E-state index in [1.54, 1.807) is 38.5 Å². The summed E-state index contributed by atoms with van der Waals surface area (Å²) < 4.78 is 12.2. The van der Waals surface area contributed by atoms with Crippen molar-refractivity contribution in [1.29, 1.82) is 0 Å².